The van der Waals surface area contributed by atoms with Crippen LogP contribution in [0.5, 0.6) is 0 Å². The average molecular weight is 541 g/mol. The molecule has 7 heteroatoms. The largest absolute Gasteiger partial charge is 0.352 e. The molecule has 0 aliphatic heterocycles. The standard InChI is InChI=1S/C30H34ClFN2O2S/c1-4-22(3)33-30(36)28(17-23-11-6-5-7-12-23)34(18-24-13-8-10-21(2)16-24)29(35)20-37-19-25-26(31)14-9-15-27(25)32/h5-16,22,28H,4,17-20H2,1-3H3,(H,33,36)/t22-,28+/m0/s1. The lowest BCUT2D eigenvalue weighted by Crippen LogP contribution is -2.52. The van der Waals surface area contributed by atoms with Crippen LogP contribution in [0, 0.1) is 12.7 Å². The highest BCUT2D eigenvalue weighted by Gasteiger charge is 2.31. The first-order chi connectivity index (χ1) is 17.8. The smallest absolute Gasteiger partial charge is 0.243 e. The molecule has 0 radical (unpaired) electrons. The van der Waals surface area contributed by atoms with Gasteiger partial charge in [0.25, 0.3) is 0 Å². The van der Waals surface area contributed by atoms with Gasteiger partial charge in [-0.25, -0.2) is 4.39 Å². The quantitative estimate of drug-likeness (QED) is 0.282. The van der Waals surface area contributed by atoms with E-state index < -0.39 is 6.04 Å². The molecule has 0 saturated heterocycles. The van der Waals surface area contributed by atoms with E-state index in [4.69, 9.17) is 11.6 Å². The number of amides is 2. The Kier molecular flexibility index (Phi) is 11.0. The van der Waals surface area contributed by atoms with Crippen molar-refractivity contribution in [1.29, 1.82) is 0 Å². The molecule has 0 aliphatic carbocycles. The molecule has 2 amide bonds. The molecule has 196 valence electrons. The zero-order valence-corrected chi connectivity index (χ0v) is 23.1. The van der Waals surface area contributed by atoms with Gasteiger partial charge in [0.2, 0.25) is 11.8 Å². The predicted molar refractivity (Wildman–Crippen MR) is 151 cm³/mol. The Hall–Kier alpha value is -2.83. The van der Waals surface area contributed by atoms with Crippen LogP contribution in [0.2, 0.25) is 5.02 Å². The normalized spacial score (nSPS) is 12.6. The number of rotatable bonds is 12. The molecule has 0 aromatic heterocycles. The van der Waals surface area contributed by atoms with Crippen molar-refractivity contribution in [2.75, 3.05) is 5.75 Å². The van der Waals surface area contributed by atoms with Crippen LogP contribution in [0.15, 0.2) is 72.8 Å². The van der Waals surface area contributed by atoms with E-state index in [-0.39, 0.29) is 35.2 Å². The van der Waals surface area contributed by atoms with Crippen molar-refractivity contribution < 1.29 is 14.0 Å². The second-order valence-corrected chi connectivity index (χ2v) is 10.6. The number of carbonyl (C=O) groups is 2. The highest BCUT2D eigenvalue weighted by Crippen LogP contribution is 2.25. The number of hydrogen-bond acceptors (Lipinski definition) is 3. The van der Waals surface area contributed by atoms with Crippen molar-refractivity contribution in [3.8, 4) is 0 Å². The Morgan fingerprint density at radius 2 is 1.73 bits per heavy atom. The summed E-state index contributed by atoms with van der Waals surface area (Å²) in [5.74, 6) is -0.393. The lowest BCUT2D eigenvalue weighted by molar-refractivity contribution is -0.139. The zero-order valence-electron chi connectivity index (χ0n) is 21.5. The number of aryl methyl sites for hydroxylation is 1. The van der Waals surface area contributed by atoms with Crippen molar-refractivity contribution in [3.05, 3.63) is 106 Å². The number of thioether (sulfide) groups is 1. The van der Waals surface area contributed by atoms with Crippen molar-refractivity contribution in [3.63, 3.8) is 0 Å². The number of carbonyl (C=O) groups excluding carboxylic acids is 2. The second kappa shape index (κ2) is 14.2. The van der Waals surface area contributed by atoms with Gasteiger partial charge in [0, 0.05) is 35.3 Å². The summed E-state index contributed by atoms with van der Waals surface area (Å²) in [4.78, 5) is 28.9. The SMILES string of the molecule is CC[C@H](C)NC(=O)[C@@H](Cc1ccccc1)N(Cc1cccc(C)c1)C(=O)CSCc1c(F)cccc1Cl. The third-order valence-electron chi connectivity index (χ3n) is 6.24. The summed E-state index contributed by atoms with van der Waals surface area (Å²) < 4.78 is 14.2. The summed E-state index contributed by atoms with van der Waals surface area (Å²) >= 11 is 7.46. The molecule has 0 spiro atoms. The van der Waals surface area contributed by atoms with Crippen molar-refractivity contribution in [2.24, 2.45) is 0 Å². The molecule has 1 N–H and O–H groups in total. The lowest BCUT2D eigenvalue weighted by Gasteiger charge is -2.32. The van der Waals surface area contributed by atoms with Crippen LogP contribution in [0.1, 0.15) is 42.5 Å². The Balaban J connectivity index is 1.88. The van der Waals surface area contributed by atoms with Crippen LogP contribution < -0.4 is 5.32 Å². The molecule has 3 aromatic carbocycles. The molecular formula is C30H34ClFN2O2S. The van der Waals surface area contributed by atoms with Gasteiger partial charge in [-0.15, -0.1) is 11.8 Å². The molecule has 0 bridgehead atoms. The van der Waals surface area contributed by atoms with E-state index in [1.54, 1.807) is 17.0 Å². The summed E-state index contributed by atoms with van der Waals surface area (Å²) in [6.45, 7) is 6.27. The second-order valence-electron chi connectivity index (χ2n) is 9.23. The third-order valence-corrected chi connectivity index (χ3v) is 7.54. The molecule has 0 unspecified atom stereocenters. The molecule has 0 aliphatic rings. The highest BCUT2D eigenvalue weighted by atomic mass is 35.5. The Bertz CT molecular complexity index is 1170. The summed E-state index contributed by atoms with van der Waals surface area (Å²) in [6, 6.07) is 21.5. The Morgan fingerprint density at radius 1 is 1.03 bits per heavy atom. The van der Waals surface area contributed by atoms with E-state index in [2.05, 4.69) is 5.32 Å². The van der Waals surface area contributed by atoms with E-state index >= 15 is 0 Å². The maximum Gasteiger partial charge on any atom is 0.243 e. The molecule has 0 heterocycles. The first-order valence-corrected chi connectivity index (χ1v) is 14.0. The topological polar surface area (TPSA) is 49.4 Å². The van der Waals surface area contributed by atoms with Gasteiger partial charge in [-0.3, -0.25) is 9.59 Å². The van der Waals surface area contributed by atoms with Crippen LogP contribution in [0.3, 0.4) is 0 Å². The monoisotopic (exact) mass is 540 g/mol. The zero-order chi connectivity index (χ0) is 26.8. The number of nitrogens with zero attached hydrogens (tertiary/aromatic N) is 1. The molecule has 37 heavy (non-hydrogen) atoms. The fourth-order valence-electron chi connectivity index (χ4n) is 4.00. The van der Waals surface area contributed by atoms with Gasteiger partial charge in [-0.05, 0) is 43.5 Å². The molecule has 4 nitrogen and oxygen atoms in total. The predicted octanol–water partition coefficient (Wildman–Crippen LogP) is 6.58. The van der Waals surface area contributed by atoms with Gasteiger partial charge < -0.3 is 10.2 Å². The minimum Gasteiger partial charge on any atom is -0.352 e. The van der Waals surface area contributed by atoms with Gasteiger partial charge in [0.1, 0.15) is 11.9 Å². The van der Waals surface area contributed by atoms with Crippen LogP contribution in [0.25, 0.3) is 0 Å². The van der Waals surface area contributed by atoms with Gasteiger partial charge in [-0.1, -0.05) is 84.8 Å². The van der Waals surface area contributed by atoms with E-state index in [0.717, 1.165) is 23.1 Å². The minimum absolute atomic E-state index is 0.0146. The van der Waals surface area contributed by atoms with Gasteiger partial charge in [-0.2, -0.15) is 0 Å². The highest BCUT2D eigenvalue weighted by molar-refractivity contribution is 7.99. The lowest BCUT2D eigenvalue weighted by atomic mass is 10.0. The van der Waals surface area contributed by atoms with Crippen LogP contribution >= 0.6 is 23.4 Å². The van der Waals surface area contributed by atoms with Gasteiger partial charge in [0.15, 0.2) is 0 Å². The van der Waals surface area contributed by atoms with E-state index in [0.29, 0.717) is 23.6 Å². The van der Waals surface area contributed by atoms with Gasteiger partial charge in [0.05, 0.1) is 5.75 Å². The van der Waals surface area contributed by atoms with Crippen molar-refractivity contribution in [2.45, 2.75) is 58.0 Å². The molecule has 2 atom stereocenters. The molecule has 0 fully saturated rings. The number of nitrogens with one attached hydrogen (secondary N) is 1. The van der Waals surface area contributed by atoms with Crippen molar-refractivity contribution >= 4 is 35.2 Å². The van der Waals surface area contributed by atoms with E-state index in [9.17, 15) is 14.0 Å². The molecule has 3 rings (SSSR count). The van der Waals surface area contributed by atoms with Crippen LogP contribution in [-0.2, 0) is 28.3 Å². The van der Waals surface area contributed by atoms with Crippen molar-refractivity contribution in [1.82, 2.24) is 10.2 Å². The summed E-state index contributed by atoms with van der Waals surface area (Å²) in [7, 11) is 0. The summed E-state index contributed by atoms with van der Waals surface area (Å²) in [5, 5.41) is 3.41. The maximum absolute atomic E-state index is 14.2. The summed E-state index contributed by atoms with van der Waals surface area (Å²) in [5.41, 5.74) is 3.38. The van der Waals surface area contributed by atoms with E-state index in [1.807, 2.05) is 75.4 Å². The number of halogens is 2. The van der Waals surface area contributed by atoms with Crippen LogP contribution in [0.4, 0.5) is 4.39 Å². The Morgan fingerprint density at radius 3 is 2.41 bits per heavy atom. The maximum atomic E-state index is 14.2. The third kappa shape index (κ3) is 8.61. The first-order valence-electron chi connectivity index (χ1n) is 12.5. The van der Waals surface area contributed by atoms with Crippen LogP contribution in [-0.4, -0.2) is 34.6 Å². The minimum atomic E-state index is -0.693. The average Bonchev–Trinajstić information content (AvgIpc) is 2.88. The van der Waals surface area contributed by atoms with E-state index in [1.165, 1.54) is 17.8 Å². The number of hydrogen-bond donors (Lipinski definition) is 1. The molecule has 0 saturated carbocycles. The fourth-order valence-corrected chi connectivity index (χ4v) is 5.24. The number of benzene rings is 3. The van der Waals surface area contributed by atoms with Gasteiger partial charge >= 0.3 is 0 Å². The summed E-state index contributed by atoms with van der Waals surface area (Å²) in [6.07, 6.45) is 1.18. The Labute approximate surface area is 228 Å². The first kappa shape index (κ1) is 28.7. The molecular weight excluding hydrogens is 507 g/mol. The fraction of sp³-hybridized carbons (Fsp3) is 0.333. The molecule has 3 aromatic rings.